The first kappa shape index (κ1) is 17.7. The fraction of sp³-hybridized carbons (Fsp3) is 0.238. The topological polar surface area (TPSA) is 53.4 Å². The molecule has 138 valence electrons. The van der Waals surface area contributed by atoms with E-state index in [0.717, 1.165) is 28.1 Å². The lowest BCUT2D eigenvalue weighted by Crippen LogP contribution is -2.28. The summed E-state index contributed by atoms with van der Waals surface area (Å²) in [7, 11) is 3.25. The average Bonchev–Trinajstić information content (AvgIpc) is 2.68. The second-order valence-electron chi connectivity index (χ2n) is 6.44. The third-order valence-corrected chi connectivity index (χ3v) is 5.65. The maximum atomic E-state index is 12.6. The first-order valence-corrected chi connectivity index (χ1v) is 9.52. The highest BCUT2D eigenvalue weighted by Crippen LogP contribution is 2.39. The number of benzene rings is 2. The lowest BCUT2D eigenvalue weighted by atomic mass is 9.97. The standard InChI is InChI=1S/C21H20N2O3S/c1-13-4-6-15(7-5-13)27-20-12-17-16-11-19(26-3)18(25-2)10-14(16)8-9-23(17)21(24)22-20/h4-7,10-12H,8-9H2,1-3H3. The molecule has 0 radical (unpaired) electrons. The van der Waals surface area contributed by atoms with Crippen molar-refractivity contribution in [3.63, 3.8) is 0 Å². The van der Waals surface area contributed by atoms with Crippen molar-refractivity contribution in [1.82, 2.24) is 9.55 Å². The fourth-order valence-electron chi connectivity index (χ4n) is 3.30. The Labute approximate surface area is 162 Å². The number of rotatable bonds is 4. The van der Waals surface area contributed by atoms with Gasteiger partial charge in [0.15, 0.2) is 11.5 Å². The normalized spacial score (nSPS) is 12.3. The van der Waals surface area contributed by atoms with Crippen LogP contribution in [0.5, 0.6) is 11.5 Å². The third kappa shape index (κ3) is 3.32. The number of hydrogen-bond donors (Lipinski definition) is 0. The van der Waals surface area contributed by atoms with Crippen LogP contribution in [0.1, 0.15) is 11.1 Å². The molecular weight excluding hydrogens is 360 g/mol. The smallest absolute Gasteiger partial charge is 0.349 e. The van der Waals surface area contributed by atoms with Gasteiger partial charge in [-0.1, -0.05) is 29.5 Å². The molecular formula is C21H20N2O3S. The van der Waals surface area contributed by atoms with Gasteiger partial charge in [0, 0.05) is 17.0 Å². The largest absolute Gasteiger partial charge is 0.493 e. The van der Waals surface area contributed by atoms with Gasteiger partial charge in [0.05, 0.1) is 19.9 Å². The van der Waals surface area contributed by atoms with Gasteiger partial charge in [0.25, 0.3) is 0 Å². The molecule has 0 N–H and O–H groups in total. The number of fused-ring (bicyclic) bond motifs is 3. The summed E-state index contributed by atoms with van der Waals surface area (Å²) in [6.07, 6.45) is 0.759. The Kier molecular flexibility index (Phi) is 4.66. The zero-order valence-electron chi connectivity index (χ0n) is 15.5. The highest BCUT2D eigenvalue weighted by Gasteiger charge is 2.21. The second-order valence-corrected chi connectivity index (χ2v) is 7.54. The number of aryl methyl sites for hydroxylation is 2. The molecule has 27 heavy (non-hydrogen) atoms. The SMILES string of the molecule is COc1cc2c(cc1OC)-c1cc(Sc3ccc(C)cc3)nc(=O)n1CC2. The van der Waals surface area contributed by atoms with E-state index in [1.54, 1.807) is 18.8 Å². The first-order valence-electron chi connectivity index (χ1n) is 8.70. The Hall–Kier alpha value is -2.73. The minimum Gasteiger partial charge on any atom is -0.493 e. The van der Waals surface area contributed by atoms with E-state index in [4.69, 9.17) is 9.47 Å². The molecule has 1 aromatic heterocycles. The number of methoxy groups -OCH3 is 2. The van der Waals surface area contributed by atoms with Gasteiger partial charge < -0.3 is 9.47 Å². The molecule has 0 spiro atoms. The van der Waals surface area contributed by atoms with Gasteiger partial charge in [-0.25, -0.2) is 4.79 Å². The highest BCUT2D eigenvalue weighted by molar-refractivity contribution is 7.99. The Morgan fingerprint density at radius 3 is 2.44 bits per heavy atom. The third-order valence-electron chi connectivity index (χ3n) is 4.72. The van der Waals surface area contributed by atoms with Crippen LogP contribution < -0.4 is 15.2 Å². The Bertz CT molecular complexity index is 1060. The lowest BCUT2D eigenvalue weighted by molar-refractivity contribution is 0.354. The van der Waals surface area contributed by atoms with E-state index in [1.165, 1.54) is 17.3 Å². The molecule has 0 amide bonds. The molecule has 0 saturated carbocycles. The van der Waals surface area contributed by atoms with Crippen molar-refractivity contribution in [2.45, 2.75) is 29.8 Å². The zero-order chi connectivity index (χ0) is 19.0. The predicted octanol–water partition coefficient (Wildman–Crippen LogP) is 3.94. The molecule has 2 aromatic carbocycles. The summed E-state index contributed by atoms with van der Waals surface area (Å²) < 4.78 is 12.6. The lowest BCUT2D eigenvalue weighted by Gasteiger charge is -2.23. The molecule has 0 saturated heterocycles. The molecule has 0 atom stereocenters. The van der Waals surface area contributed by atoms with Crippen molar-refractivity contribution in [2.75, 3.05) is 14.2 Å². The van der Waals surface area contributed by atoms with Gasteiger partial charge >= 0.3 is 5.69 Å². The quantitative estimate of drug-likeness (QED) is 0.642. The van der Waals surface area contributed by atoms with Crippen molar-refractivity contribution < 1.29 is 9.47 Å². The van der Waals surface area contributed by atoms with E-state index >= 15 is 0 Å². The van der Waals surface area contributed by atoms with Crippen molar-refractivity contribution in [3.8, 4) is 22.8 Å². The maximum Gasteiger partial charge on any atom is 0.349 e. The van der Waals surface area contributed by atoms with Crippen LogP contribution in [0, 0.1) is 6.92 Å². The fourth-order valence-corrected chi connectivity index (χ4v) is 4.11. The number of ether oxygens (including phenoxy) is 2. The van der Waals surface area contributed by atoms with Crippen molar-refractivity contribution in [1.29, 1.82) is 0 Å². The van der Waals surface area contributed by atoms with E-state index in [0.29, 0.717) is 23.1 Å². The Balaban J connectivity index is 1.80. The van der Waals surface area contributed by atoms with Crippen LogP contribution in [0.25, 0.3) is 11.3 Å². The van der Waals surface area contributed by atoms with E-state index in [9.17, 15) is 4.79 Å². The summed E-state index contributed by atoms with van der Waals surface area (Å²) in [5, 5.41) is 0.692. The minimum atomic E-state index is -0.220. The van der Waals surface area contributed by atoms with Crippen molar-refractivity contribution >= 4 is 11.8 Å². The van der Waals surface area contributed by atoms with Gasteiger partial charge in [-0.3, -0.25) is 4.57 Å². The van der Waals surface area contributed by atoms with E-state index < -0.39 is 0 Å². The molecule has 5 nitrogen and oxygen atoms in total. The maximum absolute atomic E-state index is 12.6. The van der Waals surface area contributed by atoms with Crippen LogP contribution in [-0.4, -0.2) is 23.8 Å². The van der Waals surface area contributed by atoms with Crippen LogP contribution in [0.2, 0.25) is 0 Å². The Morgan fingerprint density at radius 1 is 1.04 bits per heavy atom. The van der Waals surface area contributed by atoms with Crippen molar-refractivity contribution in [3.05, 3.63) is 64.1 Å². The van der Waals surface area contributed by atoms with Gasteiger partial charge in [0.2, 0.25) is 0 Å². The summed E-state index contributed by atoms with van der Waals surface area (Å²) in [5.41, 5.74) is 3.98. The van der Waals surface area contributed by atoms with Crippen LogP contribution in [-0.2, 0) is 13.0 Å². The summed E-state index contributed by atoms with van der Waals surface area (Å²) in [6.45, 7) is 2.66. The molecule has 0 aliphatic carbocycles. The van der Waals surface area contributed by atoms with Crippen LogP contribution >= 0.6 is 11.8 Å². The molecule has 3 aromatic rings. The highest BCUT2D eigenvalue weighted by atomic mass is 32.2. The predicted molar refractivity (Wildman–Crippen MR) is 106 cm³/mol. The Morgan fingerprint density at radius 2 is 1.74 bits per heavy atom. The summed E-state index contributed by atoms with van der Waals surface area (Å²) >= 11 is 1.50. The van der Waals surface area contributed by atoms with Crippen molar-refractivity contribution in [2.24, 2.45) is 0 Å². The van der Waals surface area contributed by atoms with Gasteiger partial charge in [0.1, 0.15) is 5.03 Å². The summed E-state index contributed by atoms with van der Waals surface area (Å²) in [4.78, 5) is 17.9. The monoisotopic (exact) mass is 380 g/mol. The number of nitrogens with zero attached hydrogens (tertiary/aromatic N) is 2. The molecule has 2 heterocycles. The first-order chi connectivity index (χ1) is 13.1. The molecule has 0 bridgehead atoms. The van der Waals surface area contributed by atoms with Gasteiger partial charge in [-0.2, -0.15) is 4.98 Å². The summed E-state index contributed by atoms with van der Waals surface area (Å²) in [5.74, 6) is 1.36. The van der Waals surface area contributed by atoms with Crippen LogP contribution in [0.4, 0.5) is 0 Å². The molecule has 6 heteroatoms. The van der Waals surface area contributed by atoms with E-state index in [1.807, 2.05) is 30.3 Å². The van der Waals surface area contributed by atoms with E-state index in [2.05, 4.69) is 24.0 Å². The number of aromatic nitrogens is 2. The molecule has 0 fully saturated rings. The zero-order valence-corrected chi connectivity index (χ0v) is 16.3. The van der Waals surface area contributed by atoms with Crippen LogP contribution in [0.3, 0.4) is 0 Å². The average molecular weight is 380 g/mol. The molecule has 0 unspecified atom stereocenters. The van der Waals surface area contributed by atoms with Gasteiger partial charge in [-0.15, -0.1) is 0 Å². The second kappa shape index (κ2) is 7.12. The molecule has 1 aliphatic heterocycles. The minimum absolute atomic E-state index is 0.220. The molecule has 4 rings (SSSR count). The number of hydrogen-bond acceptors (Lipinski definition) is 5. The van der Waals surface area contributed by atoms with E-state index in [-0.39, 0.29) is 5.69 Å². The summed E-state index contributed by atoms with van der Waals surface area (Å²) in [6, 6.07) is 14.1. The molecule has 1 aliphatic rings. The van der Waals surface area contributed by atoms with Gasteiger partial charge in [-0.05, 0) is 49.2 Å². The van der Waals surface area contributed by atoms with Crippen LogP contribution in [0.15, 0.2) is 57.2 Å².